The van der Waals surface area contributed by atoms with E-state index in [4.69, 9.17) is 17.3 Å². The summed E-state index contributed by atoms with van der Waals surface area (Å²) in [5, 5.41) is 1.78. The zero-order valence-electron chi connectivity index (χ0n) is 10.7. The maximum Gasteiger partial charge on any atom is 0.112 e. The maximum atomic E-state index is 6.00. The van der Waals surface area contributed by atoms with Gasteiger partial charge in [-0.3, -0.25) is 0 Å². The largest absolute Gasteiger partial charge is 0.397 e. The monoisotopic (exact) mass is 281 g/mol. The lowest BCUT2D eigenvalue weighted by molar-refractivity contribution is 0.906. The van der Waals surface area contributed by atoms with Crippen LogP contribution in [0.1, 0.15) is 15.6 Å². The van der Waals surface area contributed by atoms with Crippen molar-refractivity contribution in [3.05, 3.63) is 38.8 Å². The third-order valence-electron chi connectivity index (χ3n) is 2.85. The molecule has 3 nitrogen and oxygen atoms in total. The van der Waals surface area contributed by atoms with Gasteiger partial charge in [0, 0.05) is 16.9 Å². The number of hydrogen-bond donors (Lipinski definition) is 1. The highest BCUT2D eigenvalue weighted by Crippen LogP contribution is 2.28. The zero-order valence-corrected chi connectivity index (χ0v) is 12.3. The number of thiazole rings is 1. The van der Waals surface area contributed by atoms with Gasteiger partial charge in [-0.05, 0) is 32.0 Å². The Morgan fingerprint density at radius 3 is 2.72 bits per heavy atom. The Labute approximate surface area is 116 Å². The topological polar surface area (TPSA) is 42.2 Å². The summed E-state index contributed by atoms with van der Waals surface area (Å²) in [4.78, 5) is 7.86. The van der Waals surface area contributed by atoms with Crippen molar-refractivity contribution in [2.75, 3.05) is 17.7 Å². The highest BCUT2D eigenvalue weighted by atomic mass is 35.5. The van der Waals surface area contributed by atoms with Crippen molar-refractivity contribution in [1.29, 1.82) is 0 Å². The molecule has 5 heteroatoms. The Balaban J connectivity index is 2.21. The van der Waals surface area contributed by atoms with Crippen molar-refractivity contribution >= 4 is 34.3 Å². The Hall–Kier alpha value is -1.26. The van der Waals surface area contributed by atoms with Gasteiger partial charge in [-0.25, -0.2) is 4.98 Å². The molecule has 1 heterocycles. The Bertz CT molecular complexity index is 546. The molecule has 0 spiro atoms. The minimum Gasteiger partial charge on any atom is -0.397 e. The highest BCUT2D eigenvalue weighted by Gasteiger charge is 2.10. The lowest BCUT2D eigenvalue weighted by atomic mass is 10.2. The highest BCUT2D eigenvalue weighted by molar-refractivity contribution is 7.11. The van der Waals surface area contributed by atoms with Gasteiger partial charge >= 0.3 is 0 Å². The summed E-state index contributed by atoms with van der Waals surface area (Å²) in [7, 11) is 1.99. The van der Waals surface area contributed by atoms with E-state index in [1.807, 2.05) is 26.1 Å². The predicted molar refractivity (Wildman–Crippen MR) is 79.6 cm³/mol. The third kappa shape index (κ3) is 2.76. The van der Waals surface area contributed by atoms with Crippen LogP contribution in [-0.2, 0) is 6.54 Å². The van der Waals surface area contributed by atoms with Crippen molar-refractivity contribution in [3.63, 3.8) is 0 Å². The summed E-state index contributed by atoms with van der Waals surface area (Å²) in [6, 6.07) is 5.50. The van der Waals surface area contributed by atoms with E-state index in [9.17, 15) is 0 Å². The van der Waals surface area contributed by atoms with E-state index in [1.165, 1.54) is 4.88 Å². The maximum absolute atomic E-state index is 6.00. The molecule has 1 aromatic carbocycles. The first-order chi connectivity index (χ1) is 8.47. The second-order valence-corrected chi connectivity index (χ2v) is 6.03. The number of nitrogens with zero attached hydrogens (tertiary/aromatic N) is 2. The molecule has 0 aliphatic carbocycles. The summed E-state index contributed by atoms with van der Waals surface area (Å²) in [6.45, 7) is 4.86. The Kier molecular flexibility index (Phi) is 3.78. The van der Waals surface area contributed by atoms with Crippen molar-refractivity contribution < 1.29 is 0 Å². The van der Waals surface area contributed by atoms with E-state index in [0.717, 1.165) is 28.6 Å². The van der Waals surface area contributed by atoms with Gasteiger partial charge in [0.1, 0.15) is 5.01 Å². The molecule has 2 rings (SSSR count). The third-order valence-corrected chi connectivity index (χ3v) is 4.14. The number of nitrogen functional groups attached to an aromatic ring is 1. The fourth-order valence-corrected chi connectivity index (χ4v) is 2.90. The molecule has 0 unspecified atom stereocenters. The standard InChI is InChI=1S/C13H16ClN3S/c1-8-9(2)18-13(16-8)7-17(3)12-6-10(14)4-5-11(12)15/h4-6H,7,15H2,1-3H3. The second-order valence-electron chi connectivity index (χ2n) is 4.31. The predicted octanol–water partition coefficient (Wildman–Crippen LogP) is 3.63. The van der Waals surface area contributed by atoms with Gasteiger partial charge in [0.2, 0.25) is 0 Å². The number of hydrogen-bond acceptors (Lipinski definition) is 4. The number of aromatic nitrogens is 1. The molecular weight excluding hydrogens is 266 g/mol. The van der Waals surface area contributed by atoms with Crippen LogP contribution in [0.5, 0.6) is 0 Å². The van der Waals surface area contributed by atoms with Crippen LogP contribution >= 0.6 is 22.9 Å². The van der Waals surface area contributed by atoms with Gasteiger partial charge in [-0.2, -0.15) is 0 Å². The normalized spacial score (nSPS) is 10.7. The van der Waals surface area contributed by atoms with Gasteiger partial charge in [0.05, 0.1) is 23.6 Å². The molecule has 0 amide bonds. The Morgan fingerprint density at radius 1 is 1.39 bits per heavy atom. The number of aryl methyl sites for hydroxylation is 2. The number of rotatable bonds is 3. The van der Waals surface area contributed by atoms with E-state index in [1.54, 1.807) is 17.4 Å². The summed E-state index contributed by atoms with van der Waals surface area (Å²) in [6.07, 6.45) is 0. The molecule has 2 N–H and O–H groups in total. The molecule has 0 atom stereocenters. The molecule has 2 aromatic rings. The van der Waals surface area contributed by atoms with Crippen LogP contribution < -0.4 is 10.6 Å². The zero-order chi connectivity index (χ0) is 13.3. The molecule has 0 saturated heterocycles. The number of nitrogens with two attached hydrogens (primary N) is 1. The molecule has 0 saturated carbocycles. The summed E-state index contributed by atoms with van der Waals surface area (Å²) in [5.74, 6) is 0. The van der Waals surface area contributed by atoms with Crippen molar-refractivity contribution in [3.8, 4) is 0 Å². The number of anilines is 2. The average molecular weight is 282 g/mol. The molecule has 18 heavy (non-hydrogen) atoms. The molecule has 0 radical (unpaired) electrons. The van der Waals surface area contributed by atoms with E-state index >= 15 is 0 Å². The fraction of sp³-hybridized carbons (Fsp3) is 0.308. The Morgan fingerprint density at radius 2 is 2.11 bits per heavy atom. The van der Waals surface area contributed by atoms with E-state index in [-0.39, 0.29) is 0 Å². The lowest BCUT2D eigenvalue weighted by Gasteiger charge is -2.20. The SMILES string of the molecule is Cc1nc(CN(C)c2cc(Cl)ccc2N)sc1C. The van der Waals surface area contributed by atoms with Gasteiger partial charge in [0.15, 0.2) is 0 Å². The van der Waals surface area contributed by atoms with Crippen LogP contribution in [0, 0.1) is 13.8 Å². The van der Waals surface area contributed by atoms with Crippen molar-refractivity contribution in [2.24, 2.45) is 0 Å². The molecular formula is C13H16ClN3S. The number of benzene rings is 1. The summed E-state index contributed by atoms with van der Waals surface area (Å²) >= 11 is 7.72. The molecule has 0 aliphatic heterocycles. The summed E-state index contributed by atoms with van der Waals surface area (Å²) < 4.78 is 0. The van der Waals surface area contributed by atoms with Gasteiger partial charge in [0.25, 0.3) is 0 Å². The van der Waals surface area contributed by atoms with Crippen molar-refractivity contribution in [2.45, 2.75) is 20.4 Å². The molecule has 0 fully saturated rings. The van der Waals surface area contributed by atoms with Crippen LogP contribution in [-0.4, -0.2) is 12.0 Å². The van der Waals surface area contributed by atoms with Crippen LogP contribution in [0.25, 0.3) is 0 Å². The van der Waals surface area contributed by atoms with E-state index in [2.05, 4.69) is 16.8 Å². The first-order valence-electron chi connectivity index (χ1n) is 5.66. The molecule has 96 valence electrons. The van der Waals surface area contributed by atoms with Gasteiger partial charge in [-0.15, -0.1) is 11.3 Å². The molecule has 0 bridgehead atoms. The van der Waals surface area contributed by atoms with Gasteiger partial charge < -0.3 is 10.6 Å². The number of halogens is 1. The van der Waals surface area contributed by atoms with Crippen LogP contribution in [0.3, 0.4) is 0 Å². The molecule has 0 aliphatic rings. The lowest BCUT2D eigenvalue weighted by Crippen LogP contribution is -2.17. The van der Waals surface area contributed by atoms with E-state index in [0.29, 0.717) is 5.02 Å². The fourth-order valence-electron chi connectivity index (χ4n) is 1.74. The summed E-state index contributed by atoms with van der Waals surface area (Å²) in [5.41, 5.74) is 8.73. The van der Waals surface area contributed by atoms with Crippen LogP contribution in [0.2, 0.25) is 5.02 Å². The first kappa shape index (κ1) is 13.2. The second kappa shape index (κ2) is 5.16. The smallest absolute Gasteiger partial charge is 0.112 e. The first-order valence-corrected chi connectivity index (χ1v) is 6.86. The minimum absolute atomic E-state index is 0.692. The van der Waals surface area contributed by atoms with Crippen LogP contribution in [0.15, 0.2) is 18.2 Å². The van der Waals surface area contributed by atoms with Crippen molar-refractivity contribution in [1.82, 2.24) is 4.98 Å². The van der Waals surface area contributed by atoms with E-state index < -0.39 is 0 Å². The quantitative estimate of drug-likeness (QED) is 0.874. The average Bonchev–Trinajstić information content (AvgIpc) is 2.61. The minimum atomic E-state index is 0.692. The van der Waals surface area contributed by atoms with Crippen LogP contribution in [0.4, 0.5) is 11.4 Å². The van der Waals surface area contributed by atoms with Gasteiger partial charge in [-0.1, -0.05) is 11.6 Å². The molecule has 1 aromatic heterocycles.